The molecule has 4 rings (SSSR count). The lowest BCUT2D eigenvalue weighted by Crippen LogP contribution is -2.50. The standard InChI is InChI=1S/C19H22N4O2/c24-19(22-11-17-12-23-8-4-7-16(23)13-25-17)15-9-20-18(21-10-15)14-5-2-1-3-6-14/h1-3,5-6,9-10,16-17H,4,7-8,11-13H2,(H,22,24)/t16-,17-/m0/s1. The lowest BCUT2D eigenvalue weighted by Gasteiger charge is -2.35. The second kappa shape index (κ2) is 7.29. The van der Waals surface area contributed by atoms with E-state index in [4.69, 9.17) is 4.74 Å². The minimum absolute atomic E-state index is 0.0582. The number of rotatable bonds is 4. The van der Waals surface area contributed by atoms with Gasteiger partial charge >= 0.3 is 0 Å². The molecular formula is C19H22N4O2. The maximum absolute atomic E-state index is 12.3. The van der Waals surface area contributed by atoms with Gasteiger partial charge in [-0.05, 0) is 19.4 Å². The largest absolute Gasteiger partial charge is 0.373 e. The van der Waals surface area contributed by atoms with Crippen LogP contribution in [0.1, 0.15) is 23.2 Å². The number of carbonyl (C=O) groups is 1. The number of nitrogens with zero attached hydrogens (tertiary/aromatic N) is 3. The highest BCUT2D eigenvalue weighted by Gasteiger charge is 2.32. The number of morpholine rings is 1. The van der Waals surface area contributed by atoms with Gasteiger partial charge in [0.2, 0.25) is 0 Å². The summed E-state index contributed by atoms with van der Waals surface area (Å²) < 4.78 is 5.87. The number of hydrogen-bond donors (Lipinski definition) is 1. The van der Waals surface area contributed by atoms with Gasteiger partial charge in [-0.25, -0.2) is 9.97 Å². The van der Waals surface area contributed by atoms with Gasteiger partial charge in [0.05, 0.1) is 18.3 Å². The zero-order valence-corrected chi connectivity index (χ0v) is 14.1. The third-order valence-corrected chi connectivity index (χ3v) is 4.90. The van der Waals surface area contributed by atoms with Crippen LogP contribution in [-0.4, -0.2) is 59.2 Å². The van der Waals surface area contributed by atoms with Crippen molar-refractivity contribution >= 4 is 5.91 Å². The van der Waals surface area contributed by atoms with Crippen molar-refractivity contribution in [1.82, 2.24) is 20.2 Å². The molecule has 0 aliphatic carbocycles. The van der Waals surface area contributed by atoms with Crippen LogP contribution in [0.5, 0.6) is 0 Å². The molecule has 130 valence electrons. The molecule has 1 amide bonds. The summed E-state index contributed by atoms with van der Waals surface area (Å²) in [5.74, 6) is 0.458. The van der Waals surface area contributed by atoms with E-state index in [9.17, 15) is 4.79 Å². The van der Waals surface area contributed by atoms with Crippen molar-refractivity contribution in [2.24, 2.45) is 0 Å². The van der Waals surface area contributed by atoms with E-state index in [-0.39, 0.29) is 12.0 Å². The summed E-state index contributed by atoms with van der Waals surface area (Å²) in [5.41, 5.74) is 1.40. The van der Waals surface area contributed by atoms with E-state index in [2.05, 4.69) is 20.2 Å². The van der Waals surface area contributed by atoms with Crippen LogP contribution in [0.25, 0.3) is 11.4 Å². The summed E-state index contributed by atoms with van der Waals surface area (Å²) in [6.07, 6.45) is 5.68. The molecule has 0 spiro atoms. The summed E-state index contributed by atoms with van der Waals surface area (Å²) in [4.78, 5) is 23.4. The number of carbonyl (C=O) groups excluding carboxylic acids is 1. The summed E-state index contributed by atoms with van der Waals surface area (Å²) in [6.45, 7) is 3.33. The second-order valence-electron chi connectivity index (χ2n) is 6.62. The van der Waals surface area contributed by atoms with Crippen molar-refractivity contribution in [1.29, 1.82) is 0 Å². The zero-order chi connectivity index (χ0) is 17.1. The van der Waals surface area contributed by atoms with Gasteiger partial charge in [-0.3, -0.25) is 9.69 Å². The molecule has 0 bridgehead atoms. The van der Waals surface area contributed by atoms with Gasteiger partial charge < -0.3 is 10.1 Å². The number of amides is 1. The van der Waals surface area contributed by atoms with Crippen LogP contribution in [0.2, 0.25) is 0 Å². The molecule has 6 heteroatoms. The molecule has 2 fully saturated rings. The molecule has 0 unspecified atom stereocenters. The highest BCUT2D eigenvalue weighted by Crippen LogP contribution is 2.22. The minimum atomic E-state index is -0.160. The Hall–Kier alpha value is -2.31. The van der Waals surface area contributed by atoms with Gasteiger partial charge in [-0.2, -0.15) is 0 Å². The molecule has 3 heterocycles. The van der Waals surface area contributed by atoms with Crippen LogP contribution in [0.15, 0.2) is 42.7 Å². The number of ether oxygens (including phenoxy) is 1. The normalized spacial score (nSPS) is 23.2. The van der Waals surface area contributed by atoms with Crippen molar-refractivity contribution in [2.45, 2.75) is 25.0 Å². The Morgan fingerprint density at radius 2 is 2.04 bits per heavy atom. The number of aromatic nitrogens is 2. The zero-order valence-electron chi connectivity index (χ0n) is 14.1. The Kier molecular flexibility index (Phi) is 4.72. The smallest absolute Gasteiger partial charge is 0.254 e. The van der Waals surface area contributed by atoms with E-state index in [0.717, 1.165) is 25.3 Å². The Bertz CT molecular complexity index is 720. The van der Waals surface area contributed by atoms with Crippen molar-refractivity contribution in [2.75, 3.05) is 26.2 Å². The monoisotopic (exact) mass is 338 g/mol. The maximum atomic E-state index is 12.3. The fourth-order valence-electron chi connectivity index (χ4n) is 3.50. The first-order chi connectivity index (χ1) is 12.3. The van der Waals surface area contributed by atoms with Crippen LogP contribution in [-0.2, 0) is 4.74 Å². The van der Waals surface area contributed by atoms with E-state index in [1.807, 2.05) is 30.3 Å². The first kappa shape index (κ1) is 16.2. The lowest BCUT2D eigenvalue weighted by molar-refractivity contribution is -0.0461. The van der Waals surface area contributed by atoms with Crippen LogP contribution in [0.4, 0.5) is 0 Å². The van der Waals surface area contributed by atoms with Crippen molar-refractivity contribution < 1.29 is 9.53 Å². The topological polar surface area (TPSA) is 67.4 Å². The fraction of sp³-hybridized carbons (Fsp3) is 0.421. The molecule has 2 aliphatic rings. The SMILES string of the molecule is O=C(NC[C@H]1CN2CCC[C@H]2CO1)c1cnc(-c2ccccc2)nc1. The maximum Gasteiger partial charge on any atom is 0.254 e. The molecule has 1 aromatic heterocycles. The van der Waals surface area contributed by atoms with E-state index >= 15 is 0 Å². The molecule has 2 atom stereocenters. The van der Waals surface area contributed by atoms with Crippen molar-refractivity contribution in [3.63, 3.8) is 0 Å². The molecule has 0 saturated carbocycles. The van der Waals surface area contributed by atoms with Crippen LogP contribution >= 0.6 is 0 Å². The van der Waals surface area contributed by atoms with Crippen LogP contribution in [0.3, 0.4) is 0 Å². The summed E-state index contributed by atoms with van der Waals surface area (Å²) in [7, 11) is 0. The van der Waals surface area contributed by atoms with Gasteiger partial charge in [0, 0.05) is 37.1 Å². The van der Waals surface area contributed by atoms with Gasteiger partial charge in [-0.15, -0.1) is 0 Å². The van der Waals surface area contributed by atoms with E-state index in [0.29, 0.717) is 24.0 Å². The predicted molar refractivity (Wildman–Crippen MR) is 94.1 cm³/mol. The molecule has 25 heavy (non-hydrogen) atoms. The summed E-state index contributed by atoms with van der Waals surface area (Å²) in [6, 6.07) is 10.3. The minimum Gasteiger partial charge on any atom is -0.373 e. The molecular weight excluding hydrogens is 316 g/mol. The lowest BCUT2D eigenvalue weighted by atomic mass is 10.2. The highest BCUT2D eigenvalue weighted by atomic mass is 16.5. The summed E-state index contributed by atoms with van der Waals surface area (Å²) >= 11 is 0. The van der Waals surface area contributed by atoms with Crippen molar-refractivity contribution in [3.05, 3.63) is 48.3 Å². The Morgan fingerprint density at radius 1 is 1.24 bits per heavy atom. The predicted octanol–water partition coefficient (Wildman–Crippen LogP) is 1.74. The molecule has 6 nitrogen and oxygen atoms in total. The first-order valence-electron chi connectivity index (χ1n) is 8.81. The molecule has 1 N–H and O–H groups in total. The molecule has 2 saturated heterocycles. The molecule has 2 aromatic rings. The van der Waals surface area contributed by atoms with Gasteiger partial charge in [0.1, 0.15) is 0 Å². The second-order valence-corrected chi connectivity index (χ2v) is 6.62. The molecule has 0 radical (unpaired) electrons. The van der Waals surface area contributed by atoms with Crippen molar-refractivity contribution in [3.8, 4) is 11.4 Å². The van der Waals surface area contributed by atoms with Crippen LogP contribution < -0.4 is 5.32 Å². The van der Waals surface area contributed by atoms with E-state index < -0.39 is 0 Å². The van der Waals surface area contributed by atoms with E-state index in [1.165, 1.54) is 12.8 Å². The van der Waals surface area contributed by atoms with E-state index in [1.54, 1.807) is 12.4 Å². The van der Waals surface area contributed by atoms with Gasteiger partial charge in [0.15, 0.2) is 5.82 Å². The third kappa shape index (κ3) is 3.70. The Balaban J connectivity index is 1.32. The Labute approximate surface area is 147 Å². The number of nitrogens with one attached hydrogen (secondary N) is 1. The molecule has 2 aliphatic heterocycles. The van der Waals surface area contributed by atoms with Gasteiger partial charge in [-0.1, -0.05) is 30.3 Å². The summed E-state index contributed by atoms with van der Waals surface area (Å²) in [5, 5.41) is 2.94. The first-order valence-corrected chi connectivity index (χ1v) is 8.81. The quantitative estimate of drug-likeness (QED) is 0.920. The average molecular weight is 338 g/mol. The average Bonchev–Trinajstić information content (AvgIpc) is 3.15. The Morgan fingerprint density at radius 3 is 2.84 bits per heavy atom. The third-order valence-electron chi connectivity index (χ3n) is 4.90. The number of hydrogen-bond acceptors (Lipinski definition) is 5. The fourth-order valence-corrected chi connectivity index (χ4v) is 3.50. The van der Waals surface area contributed by atoms with Gasteiger partial charge in [0.25, 0.3) is 5.91 Å². The molecule has 1 aromatic carbocycles. The number of benzene rings is 1. The highest BCUT2D eigenvalue weighted by molar-refractivity contribution is 5.93. The number of fused-ring (bicyclic) bond motifs is 1. The van der Waals surface area contributed by atoms with Crippen LogP contribution in [0, 0.1) is 0 Å².